The maximum atomic E-state index is 12.3. The highest BCUT2D eigenvalue weighted by molar-refractivity contribution is 14.1. The average molecular weight is 408 g/mol. The molecular weight excluding hydrogens is 399 g/mol. The molecule has 0 saturated heterocycles. The number of primary amides is 1. The molecule has 0 saturated carbocycles. The molecule has 2 N–H and O–H groups in total. The molecule has 0 spiro atoms. The van der Waals surface area contributed by atoms with Crippen molar-refractivity contribution in [2.45, 2.75) is 0 Å². The van der Waals surface area contributed by atoms with E-state index in [0.717, 1.165) is 8.25 Å². The Kier molecular flexibility index (Phi) is 3.75. The van der Waals surface area contributed by atoms with Crippen LogP contribution in [0.2, 0.25) is 0 Å². The summed E-state index contributed by atoms with van der Waals surface area (Å²) in [7, 11) is 0. The van der Waals surface area contributed by atoms with E-state index in [1.54, 1.807) is 36.5 Å². The number of rotatable bonds is 2. The fourth-order valence-corrected chi connectivity index (χ4v) is 2.46. The van der Waals surface area contributed by atoms with E-state index in [9.17, 15) is 9.59 Å². The van der Waals surface area contributed by atoms with E-state index in [4.69, 9.17) is 10.5 Å². The molecule has 2 heterocycles. The Morgan fingerprint density at radius 3 is 2.77 bits per heavy atom. The third-order valence-electron chi connectivity index (χ3n) is 2.89. The van der Waals surface area contributed by atoms with Crippen LogP contribution in [-0.4, -0.2) is 26.8 Å². The molecule has 1 amide bonds. The zero-order valence-electron chi connectivity index (χ0n) is 11.1. The lowest BCUT2D eigenvalue weighted by Crippen LogP contribution is -2.21. The maximum absolute atomic E-state index is 12.3. The van der Waals surface area contributed by atoms with Gasteiger partial charge in [0.05, 0.1) is 11.7 Å². The summed E-state index contributed by atoms with van der Waals surface area (Å²) in [5.41, 5.74) is 5.76. The highest BCUT2D eigenvalue weighted by atomic mass is 127. The molecule has 3 aromatic rings. The number of ether oxygens (including phenoxy) is 1. The van der Waals surface area contributed by atoms with Gasteiger partial charge in [-0.2, -0.15) is 9.78 Å². The molecular formula is C14H9IN4O3. The van der Waals surface area contributed by atoms with Crippen LogP contribution in [0.15, 0.2) is 42.7 Å². The first kappa shape index (κ1) is 14.4. The summed E-state index contributed by atoms with van der Waals surface area (Å²) in [6.07, 6.45) is 2.98. The Balaban J connectivity index is 2.08. The zero-order chi connectivity index (χ0) is 15.7. The van der Waals surface area contributed by atoms with Crippen LogP contribution >= 0.6 is 22.6 Å². The highest BCUT2D eigenvalue weighted by Gasteiger charge is 2.21. The fraction of sp³-hybridized carbons (Fsp3) is 0. The first-order valence-corrected chi connectivity index (χ1v) is 7.24. The summed E-state index contributed by atoms with van der Waals surface area (Å²) in [5, 5.41) is 4.47. The molecule has 0 bridgehead atoms. The molecule has 2 aromatic heterocycles. The van der Waals surface area contributed by atoms with Gasteiger partial charge in [0.1, 0.15) is 5.75 Å². The lowest BCUT2D eigenvalue weighted by Gasteiger charge is -2.01. The second-order valence-corrected chi connectivity index (χ2v) is 5.58. The number of halogens is 1. The van der Waals surface area contributed by atoms with Gasteiger partial charge in [0.15, 0.2) is 5.69 Å². The summed E-state index contributed by atoms with van der Waals surface area (Å²) >= 11 is 2.10. The predicted octanol–water partition coefficient (Wildman–Crippen LogP) is 2.18. The lowest BCUT2D eigenvalue weighted by atomic mass is 10.2. The quantitative estimate of drug-likeness (QED) is 0.518. The molecule has 22 heavy (non-hydrogen) atoms. The van der Waals surface area contributed by atoms with Crippen molar-refractivity contribution >= 4 is 45.5 Å². The lowest BCUT2D eigenvalue weighted by molar-refractivity contribution is 0.0729. The molecule has 0 aliphatic rings. The molecule has 8 heteroatoms. The Labute approximate surface area is 138 Å². The normalized spacial score (nSPS) is 10.6. The first-order valence-electron chi connectivity index (χ1n) is 6.16. The smallest absolute Gasteiger partial charge is 0.364 e. The number of pyridine rings is 1. The summed E-state index contributed by atoms with van der Waals surface area (Å²) in [4.78, 5) is 27.6. The third kappa shape index (κ3) is 2.64. The van der Waals surface area contributed by atoms with Gasteiger partial charge < -0.3 is 10.5 Å². The van der Waals surface area contributed by atoms with E-state index in [1.807, 2.05) is 0 Å². The Hall–Kier alpha value is -2.49. The largest absolute Gasteiger partial charge is 0.420 e. The van der Waals surface area contributed by atoms with E-state index >= 15 is 0 Å². The molecule has 0 atom stereocenters. The molecule has 0 radical (unpaired) electrons. The molecule has 0 unspecified atom stereocenters. The van der Waals surface area contributed by atoms with Gasteiger partial charge in [0.2, 0.25) is 0 Å². The summed E-state index contributed by atoms with van der Waals surface area (Å²) in [5.74, 6) is -0.389. The second-order valence-electron chi connectivity index (χ2n) is 4.34. The molecule has 1 aromatic carbocycles. The van der Waals surface area contributed by atoms with Crippen molar-refractivity contribution in [3.8, 4) is 5.75 Å². The van der Waals surface area contributed by atoms with Crippen LogP contribution in [0.5, 0.6) is 5.75 Å². The number of nitrogens with zero attached hydrogens (tertiary/aromatic N) is 3. The third-order valence-corrected chi connectivity index (χ3v) is 3.56. The number of carbonyl (C=O) groups is 2. The van der Waals surface area contributed by atoms with E-state index in [1.165, 1.54) is 6.20 Å². The zero-order valence-corrected chi connectivity index (χ0v) is 13.2. The van der Waals surface area contributed by atoms with E-state index < -0.39 is 12.0 Å². The Morgan fingerprint density at radius 1 is 1.27 bits per heavy atom. The minimum atomic E-state index is -0.772. The molecule has 3 rings (SSSR count). The van der Waals surface area contributed by atoms with Gasteiger partial charge in [-0.05, 0) is 52.9 Å². The predicted molar refractivity (Wildman–Crippen MR) is 86.6 cm³/mol. The van der Waals surface area contributed by atoms with Gasteiger partial charge in [0, 0.05) is 15.2 Å². The van der Waals surface area contributed by atoms with Crippen LogP contribution in [0.3, 0.4) is 0 Å². The Bertz CT molecular complexity index is 876. The monoisotopic (exact) mass is 408 g/mol. The van der Waals surface area contributed by atoms with Crippen molar-refractivity contribution in [2.24, 2.45) is 5.73 Å². The van der Waals surface area contributed by atoms with Crippen LogP contribution in [0.4, 0.5) is 4.79 Å². The number of hydrogen-bond acceptors (Lipinski definition) is 5. The van der Waals surface area contributed by atoms with E-state index in [-0.39, 0.29) is 5.69 Å². The summed E-state index contributed by atoms with van der Waals surface area (Å²) in [6.45, 7) is 0. The number of hydrogen-bond donors (Lipinski definition) is 1. The number of fused-ring (bicyclic) bond motifs is 1. The number of benzene rings is 1. The molecule has 0 fully saturated rings. The van der Waals surface area contributed by atoms with Gasteiger partial charge in [-0.25, -0.2) is 9.59 Å². The highest BCUT2D eigenvalue weighted by Crippen LogP contribution is 2.22. The molecule has 110 valence electrons. The standard InChI is InChI=1S/C14H9IN4O3/c15-8-3-4-11-10(6-8)12(18-19(11)14(16)21)13(20)22-9-2-1-5-17-7-9/h1-7H,(H2,16,21). The summed E-state index contributed by atoms with van der Waals surface area (Å²) < 4.78 is 7.08. The molecule has 7 nitrogen and oxygen atoms in total. The average Bonchev–Trinajstić information content (AvgIpc) is 2.87. The number of esters is 1. The maximum Gasteiger partial charge on any atom is 0.364 e. The fourth-order valence-electron chi connectivity index (χ4n) is 1.97. The number of aromatic nitrogens is 3. The van der Waals surface area contributed by atoms with Crippen molar-refractivity contribution in [3.05, 3.63) is 52.0 Å². The van der Waals surface area contributed by atoms with Crippen molar-refractivity contribution in [1.82, 2.24) is 14.8 Å². The van der Waals surface area contributed by atoms with Crippen LogP contribution < -0.4 is 10.5 Å². The first-order chi connectivity index (χ1) is 10.6. The van der Waals surface area contributed by atoms with Crippen LogP contribution in [-0.2, 0) is 0 Å². The van der Waals surface area contributed by atoms with Crippen LogP contribution in [0, 0.1) is 3.57 Å². The van der Waals surface area contributed by atoms with E-state index in [0.29, 0.717) is 16.7 Å². The van der Waals surface area contributed by atoms with Crippen LogP contribution in [0.1, 0.15) is 10.5 Å². The van der Waals surface area contributed by atoms with E-state index in [2.05, 4.69) is 32.7 Å². The van der Waals surface area contributed by atoms with Gasteiger partial charge in [0.25, 0.3) is 0 Å². The molecule has 0 aliphatic carbocycles. The van der Waals surface area contributed by atoms with Gasteiger partial charge in [-0.15, -0.1) is 0 Å². The van der Waals surface area contributed by atoms with Crippen molar-refractivity contribution in [3.63, 3.8) is 0 Å². The van der Waals surface area contributed by atoms with Gasteiger partial charge >= 0.3 is 12.0 Å². The minimum Gasteiger partial charge on any atom is -0.420 e. The van der Waals surface area contributed by atoms with Crippen LogP contribution in [0.25, 0.3) is 10.9 Å². The SMILES string of the molecule is NC(=O)n1nc(C(=O)Oc2cccnc2)c2cc(I)ccc21. The number of carbonyl (C=O) groups excluding carboxylic acids is 2. The van der Waals surface area contributed by atoms with Crippen molar-refractivity contribution in [2.75, 3.05) is 0 Å². The van der Waals surface area contributed by atoms with Crippen molar-refractivity contribution < 1.29 is 14.3 Å². The summed E-state index contributed by atoms with van der Waals surface area (Å²) in [6, 6.07) is 7.68. The Morgan fingerprint density at radius 2 is 2.09 bits per heavy atom. The topological polar surface area (TPSA) is 100 Å². The minimum absolute atomic E-state index is 0.0242. The second kappa shape index (κ2) is 5.72. The van der Waals surface area contributed by atoms with Crippen molar-refractivity contribution in [1.29, 1.82) is 0 Å². The van der Waals surface area contributed by atoms with Gasteiger partial charge in [-0.3, -0.25) is 4.98 Å². The molecule has 0 aliphatic heterocycles. The number of amides is 1. The number of nitrogens with two attached hydrogens (primary N) is 1. The van der Waals surface area contributed by atoms with Gasteiger partial charge in [-0.1, -0.05) is 0 Å².